The van der Waals surface area contributed by atoms with Crippen LogP contribution >= 0.6 is 0 Å². The lowest BCUT2D eigenvalue weighted by molar-refractivity contribution is -0.0551. The summed E-state index contributed by atoms with van der Waals surface area (Å²) < 4.78 is 6.27. The van der Waals surface area contributed by atoms with Crippen LogP contribution in [0.3, 0.4) is 0 Å². The summed E-state index contributed by atoms with van der Waals surface area (Å²) in [5.41, 5.74) is 11.9. The van der Waals surface area contributed by atoms with Crippen LogP contribution in [0.15, 0.2) is 22.2 Å². The Bertz CT molecular complexity index is 503. The van der Waals surface area contributed by atoms with Gasteiger partial charge in [-0.25, -0.2) is 4.79 Å². The molecule has 0 unspecified atom stereocenters. The summed E-state index contributed by atoms with van der Waals surface area (Å²) in [4.78, 5) is 17.6. The molecule has 1 aromatic heterocycles. The van der Waals surface area contributed by atoms with E-state index in [1.54, 1.807) is 0 Å². The molecule has 0 saturated carbocycles. The highest BCUT2D eigenvalue weighted by Crippen LogP contribution is 2.17. The maximum atomic E-state index is 11.5. The van der Waals surface area contributed by atoms with Crippen LogP contribution in [0.4, 0.5) is 5.82 Å². The third-order valence-electron chi connectivity index (χ3n) is 2.49. The molecule has 1 rings (SSSR count). The second-order valence-corrected chi connectivity index (χ2v) is 3.58. The first kappa shape index (κ1) is 14.0. The molecule has 0 spiro atoms. The predicted octanol–water partition coefficient (Wildman–Crippen LogP) is -0.139. The van der Waals surface area contributed by atoms with Crippen molar-refractivity contribution in [3.05, 3.63) is 33.2 Å². The smallest absolute Gasteiger partial charge is 0.349 e. The van der Waals surface area contributed by atoms with E-state index in [1.165, 1.54) is 23.9 Å². The molecule has 0 aliphatic carbocycles. The molecule has 18 heavy (non-hydrogen) atoms. The van der Waals surface area contributed by atoms with Crippen LogP contribution in [0.25, 0.3) is 10.4 Å². The van der Waals surface area contributed by atoms with E-state index in [2.05, 4.69) is 15.0 Å². The Balaban J connectivity index is 2.85. The molecule has 0 aliphatic rings. The van der Waals surface area contributed by atoms with Gasteiger partial charge in [-0.2, -0.15) is 4.98 Å². The molecule has 3 N–H and O–H groups in total. The molecule has 9 heteroatoms. The van der Waals surface area contributed by atoms with E-state index in [-0.39, 0.29) is 18.8 Å². The average Bonchev–Trinajstić information content (AvgIpc) is 2.36. The summed E-state index contributed by atoms with van der Waals surface area (Å²) in [5, 5.41) is 12.6. The highest BCUT2D eigenvalue weighted by atomic mass is 16.5. The molecule has 9 nitrogen and oxygen atoms in total. The van der Waals surface area contributed by atoms with Gasteiger partial charge < -0.3 is 15.6 Å². The molecule has 0 fully saturated rings. The molecule has 0 saturated heterocycles. The maximum Gasteiger partial charge on any atom is 0.349 e. The summed E-state index contributed by atoms with van der Waals surface area (Å²) in [6, 6.07) is 1.47. The van der Waals surface area contributed by atoms with Crippen LogP contribution in [0.2, 0.25) is 0 Å². The fourth-order valence-corrected chi connectivity index (χ4v) is 1.36. The minimum atomic E-state index is -1.38. The average molecular weight is 254 g/mol. The number of anilines is 1. The second kappa shape index (κ2) is 6.01. The number of aliphatic hydroxyl groups excluding tert-OH is 1. The number of aliphatic hydroxyl groups is 1. The van der Waals surface area contributed by atoms with Gasteiger partial charge in [-0.15, -0.1) is 0 Å². The molecule has 0 bridgehead atoms. The molecule has 0 amide bonds. The van der Waals surface area contributed by atoms with Crippen molar-refractivity contribution in [3.8, 4) is 0 Å². The van der Waals surface area contributed by atoms with Crippen LogP contribution < -0.4 is 11.4 Å². The number of ether oxygens (including phenoxy) is 1. The van der Waals surface area contributed by atoms with Crippen molar-refractivity contribution in [2.75, 3.05) is 19.5 Å². The molecule has 1 aromatic rings. The number of nitrogens with two attached hydrogens (primary N) is 1. The minimum absolute atomic E-state index is 0.131. The lowest BCUT2D eigenvalue weighted by Crippen LogP contribution is -2.36. The topological polar surface area (TPSA) is 139 Å². The quantitative estimate of drug-likeness (QED) is 0.413. The minimum Gasteiger partial charge on any atom is -0.393 e. The molecular formula is C9H14N6O3. The van der Waals surface area contributed by atoms with E-state index in [0.29, 0.717) is 0 Å². The highest BCUT2D eigenvalue weighted by molar-refractivity contribution is 5.23. The second-order valence-electron chi connectivity index (χ2n) is 3.58. The lowest BCUT2D eigenvalue weighted by atomic mass is 10.1. The fraction of sp³-hybridized carbons (Fsp3) is 0.556. The normalized spacial score (nSPS) is 13.7. The number of aromatic nitrogens is 2. The van der Waals surface area contributed by atoms with Crippen LogP contribution in [-0.4, -0.2) is 34.1 Å². The van der Waals surface area contributed by atoms with Gasteiger partial charge in [0, 0.05) is 31.2 Å². The molecule has 0 aliphatic heterocycles. The van der Waals surface area contributed by atoms with Crippen molar-refractivity contribution in [3.63, 3.8) is 0 Å². The number of azide groups is 1. The van der Waals surface area contributed by atoms with Gasteiger partial charge in [0.25, 0.3) is 0 Å². The Hall–Kier alpha value is -2.09. The molecule has 98 valence electrons. The molecule has 1 atom stereocenters. The van der Waals surface area contributed by atoms with Gasteiger partial charge in [0.05, 0.1) is 6.61 Å². The lowest BCUT2D eigenvalue weighted by Gasteiger charge is -2.24. The summed E-state index contributed by atoms with van der Waals surface area (Å²) in [6.45, 7) is -0.301. The molecule has 0 aromatic carbocycles. The van der Waals surface area contributed by atoms with Gasteiger partial charge >= 0.3 is 5.69 Å². The number of methoxy groups -OCH3 is 1. The first-order valence-corrected chi connectivity index (χ1v) is 5.12. The van der Waals surface area contributed by atoms with E-state index in [4.69, 9.17) is 16.0 Å². The Morgan fingerprint density at radius 3 is 3.00 bits per heavy atom. The molecule has 1 heterocycles. The van der Waals surface area contributed by atoms with Crippen molar-refractivity contribution in [1.29, 1.82) is 0 Å². The standard InChI is InChI=1S/C9H14N6O3/c1-18-9(6-16,13-14-11)3-5-15-4-2-7(10)12-8(15)17/h2,4,16H,3,5-6H2,1H3,(H2,10,12,17)/t9-/m0/s1. The van der Waals surface area contributed by atoms with Crippen LogP contribution in [0, 0.1) is 0 Å². The zero-order chi connectivity index (χ0) is 13.6. The van der Waals surface area contributed by atoms with Gasteiger partial charge in [0.15, 0.2) is 5.72 Å². The Labute approximate surface area is 102 Å². The monoisotopic (exact) mass is 254 g/mol. The Kier molecular flexibility index (Phi) is 4.67. The zero-order valence-electron chi connectivity index (χ0n) is 9.85. The Morgan fingerprint density at radius 1 is 1.78 bits per heavy atom. The zero-order valence-corrected chi connectivity index (χ0v) is 9.85. The number of hydrogen-bond donors (Lipinski definition) is 2. The van der Waals surface area contributed by atoms with Crippen LogP contribution in [-0.2, 0) is 11.3 Å². The number of rotatable bonds is 6. The van der Waals surface area contributed by atoms with Gasteiger partial charge in [0.1, 0.15) is 5.82 Å². The van der Waals surface area contributed by atoms with E-state index in [9.17, 15) is 9.90 Å². The van der Waals surface area contributed by atoms with E-state index < -0.39 is 18.0 Å². The van der Waals surface area contributed by atoms with Gasteiger partial charge in [-0.05, 0) is 11.6 Å². The van der Waals surface area contributed by atoms with E-state index >= 15 is 0 Å². The van der Waals surface area contributed by atoms with Gasteiger partial charge in [-0.1, -0.05) is 5.11 Å². The van der Waals surface area contributed by atoms with Gasteiger partial charge in [0.2, 0.25) is 0 Å². The summed E-state index contributed by atoms with van der Waals surface area (Å²) in [7, 11) is 1.31. The number of hydrogen-bond acceptors (Lipinski definition) is 6. The highest BCUT2D eigenvalue weighted by Gasteiger charge is 2.27. The van der Waals surface area contributed by atoms with Gasteiger partial charge in [-0.3, -0.25) is 4.57 Å². The third kappa shape index (κ3) is 3.20. The van der Waals surface area contributed by atoms with Crippen molar-refractivity contribution in [2.24, 2.45) is 5.11 Å². The number of aryl methyl sites for hydroxylation is 1. The fourth-order valence-electron chi connectivity index (χ4n) is 1.36. The summed E-state index contributed by atoms with van der Waals surface area (Å²) >= 11 is 0. The number of nitrogen functional groups attached to an aromatic ring is 1. The SMILES string of the molecule is CO[C@](CO)(CCn1ccc(N)nc1=O)N=[N+]=[N-]. The Morgan fingerprint density at radius 2 is 2.50 bits per heavy atom. The first-order chi connectivity index (χ1) is 8.56. The maximum absolute atomic E-state index is 11.5. The third-order valence-corrected chi connectivity index (χ3v) is 2.49. The molecule has 0 radical (unpaired) electrons. The summed E-state index contributed by atoms with van der Waals surface area (Å²) in [6.07, 6.45) is 1.61. The van der Waals surface area contributed by atoms with Crippen LogP contribution in [0.5, 0.6) is 0 Å². The van der Waals surface area contributed by atoms with Crippen molar-refractivity contribution >= 4 is 5.82 Å². The van der Waals surface area contributed by atoms with Crippen LogP contribution in [0.1, 0.15) is 6.42 Å². The van der Waals surface area contributed by atoms with Crippen molar-refractivity contribution < 1.29 is 9.84 Å². The largest absolute Gasteiger partial charge is 0.393 e. The van der Waals surface area contributed by atoms with E-state index in [0.717, 1.165) is 0 Å². The van der Waals surface area contributed by atoms with Crippen molar-refractivity contribution in [2.45, 2.75) is 18.7 Å². The molecular weight excluding hydrogens is 240 g/mol. The first-order valence-electron chi connectivity index (χ1n) is 5.12. The predicted molar refractivity (Wildman–Crippen MR) is 63.5 cm³/mol. The van der Waals surface area contributed by atoms with Crippen molar-refractivity contribution in [1.82, 2.24) is 9.55 Å². The summed E-state index contributed by atoms with van der Waals surface area (Å²) in [5.74, 6) is 0.131. The number of nitrogens with zero attached hydrogens (tertiary/aromatic N) is 5. The van der Waals surface area contributed by atoms with E-state index in [1.807, 2.05) is 0 Å².